The van der Waals surface area contributed by atoms with E-state index in [1.54, 1.807) is 6.92 Å². The number of carbonyl (C=O) groups is 1. The number of anilines is 1. The lowest BCUT2D eigenvalue weighted by atomic mass is 9.85. The van der Waals surface area contributed by atoms with Crippen LogP contribution >= 0.6 is 0 Å². The Bertz CT molecular complexity index is 1300. The number of carbonyl (C=O) groups excluding carboxylic acids is 1. The summed E-state index contributed by atoms with van der Waals surface area (Å²) in [7, 11) is 0. The molecule has 0 fully saturated rings. The van der Waals surface area contributed by atoms with Crippen LogP contribution in [0.3, 0.4) is 0 Å². The van der Waals surface area contributed by atoms with E-state index < -0.39 is 17.6 Å². The SMILES string of the molecule is Cc1nn(-c2nncc(-c3ccccc3)n2)c2c1[C@@H](c1cc(F)ccc1F)CC(=O)N2. The van der Waals surface area contributed by atoms with Gasteiger partial charge in [-0.15, -0.1) is 5.10 Å². The molecule has 4 aromatic rings. The van der Waals surface area contributed by atoms with Crippen molar-refractivity contribution in [1.82, 2.24) is 25.0 Å². The first kappa shape index (κ1) is 19.0. The van der Waals surface area contributed by atoms with Gasteiger partial charge in [-0.05, 0) is 30.7 Å². The molecule has 0 bridgehead atoms. The fourth-order valence-electron chi connectivity index (χ4n) is 3.87. The molecular formula is C22H16F2N6O. The molecule has 9 heteroatoms. The van der Waals surface area contributed by atoms with Crippen molar-refractivity contribution in [2.75, 3.05) is 5.32 Å². The monoisotopic (exact) mass is 418 g/mol. The molecule has 1 aliphatic heterocycles. The maximum absolute atomic E-state index is 14.5. The molecule has 0 saturated carbocycles. The van der Waals surface area contributed by atoms with Crippen molar-refractivity contribution in [1.29, 1.82) is 0 Å². The van der Waals surface area contributed by atoms with Crippen molar-refractivity contribution in [3.63, 3.8) is 0 Å². The smallest absolute Gasteiger partial charge is 0.272 e. The van der Waals surface area contributed by atoms with Crippen molar-refractivity contribution in [2.45, 2.75) is 19.3 Å². The van der Waals surface area contributed by atoms with Crippen LogP contribution in [0.4, 0.5) is 14.6 Å². The largest absolute Gasteiger partial charge is 0.310 e. The molecule has 31 heavy (non-hydrogen) atoms. The van der Waals surface area contributed by atoms with Crippen molar-refractivity contribution in [3.05, 3.63) is 83.2 Å². The first-order chi connectivity index (χ1) is 15.0. The number of fused-ring (bicyclic) bond motifs is 1. The van der Waals surface area contributed by atoms with E-state index in [0.29, 0.717) is 22.8 Å². The van der Waals surface area contributed by atoms with E-state index >= 15 is 0 Å². The molecule has 1 N–H and O–H groups in total. The topological polar surface area (TPSA) is 85.6 Å². The minimum absolute atomic E-state index is 0.0247. The molecule has 0 radical (unpaired) electrons. The Morgan fingerprint density at radius 2 is 1.94 bits per heavy atom. The van der Waals surface area contributed by atoms with Gasteiger partial charge in [0.15, 0.2) is 0 Å². The molecule has 2 aromatic carbocycles. The van der Waals surface area contributed by atoms with E-state index in [0.717, 1.165) is 23.8 Å². The van der Waals surface area contributed by atoms with Crippen LogP contribution in [-0.2, 0) is 4.79 Å². The summed E-state index contributed by atoms with van der Waals surface area (Å²) < 4.78 is 29.7. The van der Waals surface area contributed by atoms with Gasteiger partial charge in [-0.2, -0.15) is 14.9 Å². The molecule has 1 amide bonds. The zero-order valence-electron chi connectivity index (χ0n) is 16.4. The van der Waals surface area contributed by atoms with Gasteiger partial charge in [0.2, 0.25) is 5.91 Å². The maximum Gasteiger partial charge on any atom is 0.272 e. The van der Waals surface area contributed by atoms with Gasteiger partial charge in [0, 0.05) is 23.5 Å². The highest BCUT2D eigenvalue weighted by Gasteiger charge is 2.34. The number of hydrogen-bond acceptors (Lipinski definition) is 5. The van der Waals surface area contributed by atoms with Crippen LogP contribution in [0, 0.1) is 18.6 Å². The molecule has 154 valence electrons. The van der Waals surface area contributed by atoms with Gasteiger partial charge in [-0.25, -0.2) is 13.8 Å². The molecule has 0 spiro atoms. The number of halogens is 2. The van der Waals surface area contributed by atoms with Crippen LogP contribution in [0.15, 0.2) is 54.7 Å². The molecule has 0 unspecified atom stereocenters. The van der Waals surface area contributed by atoms with Crippen LogP contribution in [0.5, 0.6) is 0 Å². The van der Waals surface area contributed by atoms with E-state index in [2.05, 4.69) is 25.6 Å². The lowest BCUT2D eigenvalue weighted by molar-refractivity contribution is -0.116. The van der Waals surface area contributed by atoms with Crippen molar-refractivity contribution >= 4 is 11.7 Å². The van der Waals surface area contributed by atoms with Crippen LogP contribution in [0.25, 0.3) is 17.2 Å². The number of nitrogens with one attached hydrogen (secondary N) is 1. The molecule has 5 rings (SSSR count). The van der Waals surface area contributed by atoms with E-state index in [9.17, 15) is 13.6 Å². The maximum atomic E-state index is 14.5. The van der Waals surface area contributed by atoms with Gasteiger partial charge < -0.3 is 5.32 Å². The number of nitrogens with zero attached hydrogens (tertiary/aromatic N) is 5. The highest BCUT2D eigenvalue weighted by Crippen LogP contribution is 2.40. The predicted octanol–water partition coefficient (Wildman–Crippen LogP) is 3.79. The summed E-state index contributed by atoms with van der Waals surface area (Å²) in [6, 6.07) is 12.7. The highest BCUT2D eigenvalue weighted by atomic mass is 19.1. The first-order valence-electron chi connectivity index (χ1n) is 9.61. The Morgan fingerprint density at radius 3 is 2.74 bits per heavy atom. The Morgan fingerprint density at radius 1 is 1.13 bits per heavy atom. The second-order valence-corrected chi connectivity index (χ2v) is 7.24. The standard InChI is InChI=1S/C22H16F2N6O/c1-12-20-16(15-9-14(23)7-8-17(15)24)10-19(31)27-21(20)30(29-12)22-26-18(11-25-28-22)13-5-3-2-4-6-13/h2-9,11,16H,10H2,1H3,(H,27,31)/t16-/m1/s1. The summed E-state index contributed by atoms with van der Waals surface area (Å²) in [5.74, 6) is -1.69. The van der Waals surface area contributed by atoms with E-state index in [-0.39, 0.29) is 23.8 Å². The molecule has 3 heterocycles. The number of rotatable bonds is 3. The number of hydrogen-bond donors (Lipinski definition) is 1. The van der Waals surface area contributed by atoms with Crippen molar-refractivity contribution in [2.24, 2.45) is 0 Å². The summed E-state index contributed by atoms with van der Waals surface area (Å²) in [5, 5.41) is 15.3. The minimum atomic E-state index is -0.682. The third-order valence-electron chi connectivity index (χ3n) is 5.24. The predicted molar refractivity (Wildman–Crippen MR) is 109 cm³/mol. The third kappa shape index (κ3) is 3.33. The van der Waals surface area contributed by atoms with Gasteiger partial charge in [-0.3, -0.25) is 4.79 Å². The second-order valence-electron chi connectivity index (χ2n) is 7.24. The quantitative estimate of drug-likeness (QED) is 0.547. The molecule has 1 aliphatic rings. The van der Waals surface area contributed by atoms with E-state index in [4.69, 9.17) is 0 Å². The summed E-state index contributed by atoms with van der Waals surface area (Å²) in [4.78, 5) is 17.0. The lowest BCUT2D eigenvalue weighted by Crippen LogP contribution is -2.25. The zero-order valence-corrected chi connectivity index (χ0v) is 16.4. The van der Waals surface area contributed by atoms with Crippen LogP contribution in [0.2, 0.25) is 0 Å². The fraction of sp³-hybridized carbons (Fsp3) is 0.136. The lowest BCUT2D eigenvalue weighted by Gasteiger charge is -2.24. The van der Waals surface area contributed by atoms with Crippen LogP contribution in [0.1, 0.15) is 29.2 Å². The number of benzene rings is 2. The van der Waals surface area contributed by atoms with Gasteiger partial charge in [0.25, 0.3) is 5.95 Å². The fourth-order valence-corrected chi connectivity index (χ4v) is 3.87. The van der Waals surface area contributed by atoms with E-state index in [1.807, 2.05) is 30.3 Å². The van der Waals surface area contributed by atoms with Crippen molar-refractivity contribution < 1.29 is 13.6 Å². The molecule has 7 nitrogen and oxygen atoms in total. The number of aryl methyl sites for hydroxylation is 1. The Kier molecular flexibility index (Phi) is 4.50. The van der Waals surface area contributed by atoms with E-state index in [1.165, 1.54) is 10.9 Å². The Labute approximate surface area is 175 Å². The summed E-state index contributed by atoms with van der Waals surface area (Å²) in [6.45, 7) is 1.74. The summed E-state index contributed by atoms with van der Waals surface area (Å²) >= 11 is 0. The highest BCUT2D eigenvalue weighted by molar-refractivity contribution is 5.95. The van der Waals surface area contributed by atoms with Crippen LogP contribution in [-0.4, -0.2) is 30.9 Å². The first-order valence-corrected chi connectivity index (χ1v) is 9.61. The molecule has 2 aromatic heterocycles. The average molecular weight is 418 g/mol. The zero-order chi connectivity index (χ0) is 21.5. The normalized spacial score (nSPS) is 15.5. The second kappa shape index (κ2) is 7.35. The molecule has 0 saturated heterocycles. The molecular weight excluding hydrogens is 402 g/mol. The van der Waals surface area contributed by atoms with Gasteiger partial charge in [0.05, 0.1) is 17.6 Å². The summed E-state index contributed by atoms with van der Waals surface area (Å²) in [6.07, 6.45) is 1.51. The Balaban J connectivity index is 1.65. The van der Waals surface area contributed by atoms with Crippen molar-refractivity contribution in [3.8, 4) is 17.2 Å². The summed E-state index contributed by atoms with van der Waals surface area (Å²) in [5.41, 5.74) is 2.69. The average Bonchev–Trinajstić information content (AvgIpc) is 3.12. The number of aromatic nitrogens is 5. The minimum Gasteiger partial charge on any atom is -0.310 e. The number of amides is 1. The third-order valence-corrected chi connectivity index (χ3v) is 5.24. The van der Waals surface area contributed by atoms with Crippen LogP contribution < -0.4 is 5.32 Å². The molecule has 0 aliphatic carbocycles. The molecule has 1 atom stereocenters. The Hall–Kier alpha value is -4.01. The van der Waals surface area contributed by atoms with Gasteiger partial charge >= 0.3 is 0 Å². The van der Waals surface area contributed by atoms with Gasteiger partial charge in [-0.1, -0.05) is 30.3 Å². The van der Waals surface area contributed by atoms with Gasteiger partial charge in [0.1, 0.15) is 17.5 Å².